The third-order valence-electron chi connectivity index (χ3n) is 4.60. The van der Waals surface area contributed by atoms with Crippen molar-refractivity contribution in [1.82, 2.24) is 5.32 Å². The predicted molar refractivity (Wildman–Crippen MR) is 56.9 cm³/mol. The zero-order valence-corrected chi connectivity index (χ0v) is 9.36. The molecule has 1 saturated carbocycles. The molecule has 14 heavy (non-hydrogen) atoms. The average molecular weight is 195 g/mol. The molecular weight excluding hydrogens is 174 g/mol. The van der Waals surface area contributed by atoms with Crippen molar-refractivity contribution < 1.29 is 4.79 Å². The monoisotopic (exact) mass is 195 g/mol. The summed E-state index contributed by atoms with van der Waals surface area (Å²) in [7, 11) is 0. The lowest BCUT2D eigenvalue weighted by molar-refractivity contribution is -0.127. The van der Waals surface area contributed by atoms with Gasteiger partial charge in [0.25, 0.3) is 0 Å². The molecule has 80 valence electrons. The minimum absolute atomic E-state index is 0.247. The Morgan fingerprint density at radius 3 is 2.43 bits per heavy atom. The van der Waals surface area contributed by atoms with Gasteiger partial charge in [-0.05, 0) is 30.1 Å². The lowest BCUT2D eigenvalue weighted by Crippen LogP contribution is -2.52. The van der Waals surface area contributed by atoms with Crippen LogP contribution in [0.2, 0.25) is 0 Å². The first kappa shape index (κ1) is 10.0. The van der Waals surface area contributed by atoms with Crippen LogP contribution in [0.25, 0.3) is 0 Å². The highest BCUT2D eigenvalue weighted by atomic mass is 16.1. The molecule has 1 amide bonds. The number of carbonyl (C=O) groups is 1. The number of carbonyl (C=O) groups excluding carboxylic acids is 1. The molecule has 1 aliphatic carbocycles. The van der Waals surface area contributed by atoms with Crippen LogP contribution in [0.1, 0.15) is 52.4 Å². The van der Waals surface area contributed by atoms with Crippen molar-refractivity contribution in [3.05, 3.63) is 0 Å². The van der Waals surface area contributed by atoms with Gasteiger partial charge in [0, 0.05) is 13.0 Å². The van der Waals surface area contributed by atoms with Crippen molar-refractivity contribution in [1.29, 1.82) is 0 Å². The van der Waals surface area contributed by atoms with E-state index in [-0.39, 0.29) is 5.91 Å². The Morgan fingerprint density at radius 1 is 1.14 bits per heavy atom. The Labute approximate surface area is 86.5 Å². The number of nitrogens with one attached hydrogen (secondary N) is 1. The topological polar surface area (TPSA) is 29.1 Å². The van der Waals surface area contributed by atoms with Gasteiger partial charge in [-0.15, -0.1) is 0 Å². The largest absolute Gasteiger partial charge is 0.356 e. The molecule has 1 atom stereocenters. The van der Waals surface area contributed by atoms with Crippen molar-refractivity contribution >= 4 is 5.91 Å². The molecule has 0 radical (unpaired) electrons. The summed E-state index contributed by atoms with van der Waals surface area (Å²) in [6.45, 7) is 5.67. The molecule has 0 aromatic carbocycles. The molecule has 0 bridgehead atoms. The van der Waals surface area contributed by atoms with Crippen LogP contribution in [-0.2, 0) is 4.79 Å². The Morgan fingerprint density at radius 2 is 1.86 bits per heavy atom. The second-order valence-corrected chi connectivity index (χ2v) is 5.65. The van der Waals surface area contributed by atoms with Gasteiger partial charge in [0.05, 0.1) is 0 Å². The molecule has 1 aliphatic heterocycles. The smallest absolute Gasteiger partial charge is 0.220 e. The minimum Gasteiger partial charge on any atom is -0.356 e. The van der Waals surface area contributed by atoms with Crippen molar-refractivity contribution in [2.45, 2.75) is 52.4 Å². The van der Waals surface area contributed by atoms with Gasteiger partial charge in [0.2, 0.25) is 5.91 Å². The van der Waals surface area contributed by atoms with E-state index in [4.69, 9.17) is 0 Å². The maximum absolute atomic E-state index is 11.2. The summed E-state index contributed by atoms with van der Waals surface area (Å²) in [6.07, 6.45) is 7.18. The highest BCUT2D eigenvalue weighted by Crippen LogP contribution is 2.53. The van der Waals surface area contributed by atoms with Crippen LogP contribution in [0.3, 0.4) is 0 Å². The normalized spacial score (nSPS) is 36.9. The molecule has 0 aromatic heterocycles. The Bertz CT molecular complexity index is 235. The van der Waals surface area contributed by atoms with Gasteiger partial charge in [0.15, 0.2) is 0 Å². The van der Waals surface area contributed by atoms with Crippen LogP contribution in [-0.4, -0.2) is 12.5 Å². The van der Waals surface area contributed by atoms with E-state index in [1.165, 1.54) is 25.7 Å². The summed E-state index contributed by atoms with van der Waals surface area (Å²) >= 11 is 0. The summed E-state index contributed by atoms with van der Waals surface area (Å²) in [4.78, 5) is 11.2. The van der Waals surface area contributed by atoms with E-state index in [1.807, 2.05) is 0 Å². The van der Waals surface area contributed by atoms with Gasteiger partial charge in [-0.1, -0.05) is 26.7 Å². The minimum atomic E-state index is 0.247. The number of rotatable bonds is 0. The summed E-state index contributed by atoms with van der Waals surface area (Å²) in [5.41, 5.74) is 0.818. The van der Waals surface area contributed by atoms with Gasteiger partial charge in [-0.25, -0.2) is 0 Å². The predicted octanol–water partition coefficient (Wildman–Crippen LogP) is 2.48. The standard InChI is InChI=1S/C12H21NO/c1-11(2)6-3-4-7-12(11)8-5-10(14)13-9-12/h3-9H2,1-2H3,(H,13,14). The van der Waals surface area contributed by atoms with Crippen molar-refractivity contribution in [3.63, 3.8) is 0 Å². The number of amides is 1. The lowest BCUT2D eigenvalue weighted by Gasteiger charge is -2.52. The maximum Gasteiger partial charge on any atom is 0.220 e. The lowest BCUT2D eigenvalue weighted by atomic mass is 9.55. The van der Waals surface area contributed by atoms with Crippen LogP contribution >= 0.6 is 0 Å². The summed E-state index contributed by atoms with van der Waals surface area (Å²) in [6, 6.07) is 0. The molecule has 1 heterocycles. The zero-order chi connectivity index (χ0) is 10.2. The Hall–Kier alpha value is -0.530. The SMILES string of the molecule is CC1(C)CCCCC12CCC(=O)NC2. The first-order valence-corrected chi connectivity index (χ1v) is 5.83. The molecule has 1 N–H and O–H groups in total. The van der Waals surface area contributed by atoms with Crippen LogP contribution in [0.5, 0.6) is 0 Å². The van der Waals surface area contributed by atoms with E-state index in [0.717, 1.165) is 19.4 Å². The molecule has 2 aliphatic rings. The highest BCUT2D eigenvalue weighted by Gasteiger charge is 2.47. The van der Waals surface area contributed by atoms with E-state index in [0.29, 0.717) is 10.8 Å². The number of hydrogen-bond donors (Lipinski definition) is 1. The second-order valence-electron chi connectivity index (χ2n) is 5.65. The third-order valence-corrected chi connectivity index (χ3v) is 4.60. The third kappa shape index (κ3) is 1.45. The van der Waals surface area contributed by atoms with Crippen molar-refractivity contribution in [2.24, 2.45) is 10.8 Å². The Balaban J connectivity index is 2.16. The van der Waals surface area contributed by atoms with Gasteiger partial charge in [-0.3, -0.25) is 4.79 Å². The average Bonchev–Trinajstić information content (AvgIpc) is 2.14. The summed E-state index contributed by atoms with van der Waals surface area (Å²) in [5.74, 6) is 0.247. The van der Waals surface area contributed by atoms with Crippen LogP contribution in [0.4, 0.5) is 0 Å². The van der Waals surface area contributed by atoms with Crippen LogP contribution in [0, 0.1) is 10.8 Å². The highest BCUT2D eigenvalue weighted by molar-refractivity contribution is 5.76. The summed E-state index contributed by atoms with van der Waals surface area (Å²) in [5, 5.41) is 3.06. The molecule has 1 spiro atoms. The van der Waals surface area contributed by atoms with E-state index >= 15 is 0 Å². The molecule has 2 fully saturated rings. The fourth-order valence-electron chi connectivity index (χ4n) is 3.22. The number of hydrogen-bond acceptors (Lipinski definition) is 1. The van der Waals surface area contributed by atoms with E-state index in [2.05, 4.69) is 19.2 Å². The maximum atomic E-state index is 11.2. The fraction of sp³-hybridized carbons (Fsp3) is 0.917. The molecular formula is C12H21NO. The molecule has 1 unspecified atom stereocenters. The van der Waals surface area contributed by atoms with Gasteiger partial charge in [-0.2, -0.15) is 0 Å². The quantitative estimate of drug-likeness (QED) is 0.632. The molecule has 2 rings (SSSR count). The fourth-order valence-corrected chi connectivity index (χ4v) is 3.22. The van der Waals surface area contributed by atoms with Gasteiger partial charge in [0.1, 0.15) is 0 Å². The first-order valence-electron chi connectivity index (χ1n) is 5.83. The van der Waals surface area contributed by atoms with Crippen molar-refractivity contribution in [3.8, 4) is 0 Å². The first-order chi connectivity index (χ1) is 6.56. The zero-order valence-electron chi connectivity index (χ0n) is 9.36. The van der Waals surface area contributed by atoms with Crippen LogP contribution in [0.15, 0.2) is 0 Å². The molecule has 2 nitrogen and oxygen atoms in total. The van der Waals surface area contributed by atoms with Crippen LogP contribution < -0.4 is 5.32 Å². The van der Waals surface area contributed by atoms with E-state index in [9.17, 15) is 4.79 Å². The second kappa shape index (κ2) is 3.25. The van der Waals surface area contributed by atoms with Crippen molar-refractivity contribution in [2.75, 3.05) is 6.54 Å². The number of piperidine rings is 1. The molecule has 1 saturated heterocycles. The summed E-state index contributed by atoms with van der Waals surface area (Å²) < 4.78 is 0. The van der Waals surface area contributed by atoms with Gasteiger partial charge >= 0.3 is 0 Å². The molecule has 0 aromatic rings. The van der Waals surface area contributed by atoms with Gasteiger partial charge < -0.3 is 5.32 Å². The Kier molecular flexibility index (Phi) is 2.32. The van der Waals surface area contributed by atoms with E-state index in [1.54, 1.807) is 0 Å². The van der Waals surface area contributed by atoms with E-state index < -0.39 is 0 Å². The molecule has 2 heteroatoms.